The molecule has 3 N–H and O–H groups in total. The SMILES string of the molecule is CN1N=C2CCN(C(=O)[C@@H](COc3ccc(F)c(F)c3)NC(=O)C(C)(C)NC(=O)O)C[C@@]2(Cc2ccccc2)C1=O. The number of hydrogen-bond donors (Lipinski definition) is 3. The third-order valence-electron chi connectivity index (χ3n) is 7.16. The van der Waals surface area contributed by atoms with Crippen molar-refractivity contribution in [1.29, 1.82) is 0 Å². The molecule has 1 saturated heterocycles. The third-order valence-corrected chi connectivity index (χ3v) is 7.16. The molecule has 2 aromatic rings. The Morgan fingerprint density at radius 2 is 1.85 bits per heavy atom. The molecule has 11 nitrogen and oxygen atoms in total. The summed E-state index contributed by atoms with van der Waals surface area (Å²) < 4.78 is 32.7. The molecule has 0 aromatic heterocycles. The van der Waals surface area contributed by atoms with E-state index in [1.54, 1.807) is 7.05 Å². The van der Waals surface area contributed by atoms with E-state index in [-0.39, 0.29) is 24.7 Å². The number of ether oxygens (including phenoxy) is 1. The second kappa shape index (κ2) is 11.5. The molecule has 0 unspecified atom stereocenters. The number of carbonyl (C=O) groups is 4. The van der Waals surface area contributed by atoms with Crippen molar-refractivity contribution in [3.05, 3.63) is 65.7 Å². The van der Waals surface area contributed by atoms with Crippen molar-refractivity contribution in [2.24, 2.45) is 10.5 Å². The Balaban J connectivity index is 1.60. The number of hydrazone groups is 1. The van der Waals surface area contributed by atoms with Gasteiger partial charge in [-0.2, -0.15) is 5.10 Å². The second-order valence-corrected chi connectivity index (χ2v) is 10.6. The summed E-state index contributed by atoms with van der Waals surface area (Å²) in [5, 5.41) is 19.4. The van der Waals surface area contributed by atoms with Crippen LogP contribution in [0.2, 0.25) is 0 Å². The average Bonchev–Trinajstić information content (AvgIpc) is 3.16. The zero-order valence-electron chi connectivity index (χ0n) is 22.8. The molecular formula is C28H31F2N5O6. The maximum absolute atomic E-state index is 13.9. The summed E-state index contributed by atoms with van der Waals surface area (Å²) in [6.07, 6.45) is -0.830. The first-order valence-electron chi connectivity index (χ1n) is 12.9. The van der Waals surface area contributed by atoms with Gasteiger partial charge >= 0.3 is 6.09 Å². The number of halogens is 2. The third kappa shape index (κ3) is 6.28. The predicted molar refractivity (Wildman–Crippen MR) is 143 cm³/mol. The predicted octanol–water partition coefficient (Wildman–Crippen LogP) is 2.16. The van der Waals surface area contributed by atoms with Crippen molar-refractivity contribution in [3.8, 4) is 5.75 Å². The lowest BCUT2D eigenvalue weighted by Crippen LogP contribution is -2.62. The number of piperidine rings is 1. The molecule has 2 atom stereocenters. The number of carbonyl (C=O) groups excluding carboxylic acids is 3. The van der Waals surface area contributed by atoms with Crippen LogP contribution in [0.15, 0.2) is 53.6 Å². The monoisotopic (exact) mass is 571 g/mol. The Labute approximate surface area is 235 Å². The molecular weight excluding hydrogens is 540 g/mol. The fraction of sp³-hybridized carbons (Fsp3) is 0.393. The van der Waals surface area contributed by atoms with Crippen LogP contribution in [0.1, 0.15) is 25.8 Å². The zero-order valence-corrected chi connectivity index (χ0v) is 22.8. The normalized spacial score (nSPS) is 19.2. The molecule has 4 rings (SSSR count). The minimum Gasteiger partial charge on any atom is -0.491 e. The maximum Gasteiger partial charge on any atom is 0.405 e. The second-order valence-electron chi connectivity index (χ2n) is 10.6. The number of fused-ring (bicyclic) bond motifs is 1. The number of carboxylic acid groups (broad SMARTS) is 1. The van der Waals surface area contributed by atoms with Crippen molar-refractivity contribution >= 4 is 29.5 Å². The summed E-state index contributed by atoms with van der Waals surface area (Å²) in [6, 6.07) is 10.8. The van der Waals surface area contributed by atoms with Gasteiger partial charge in [0.25, 0.3) is 5.91 Å². The summed E-state index contributed by atoms with van der Waals surface area (Å²) >= 11 is 0. The number of amides is 4. The van der Waals surface area contributed by atoms with Crippen LogP contribution < -0.4 is 15.4 Å². The Kier molecular flexibility index (Phi) is 8.27. The highest BCUT2D eigenvalue weighted by Gasteiger charge is 2.54. The Morgan fingerprint density at radius 3 is 2.51 bits per heavy atom. The molecule has 41 heavy (non-hydrogen) atoms. The summed E-state index contributed by atoms with van der Waals surface area (Å²) in [4.78, 5) is 53.0. The first kappa shape index (κ1) is 29.4. The van der Waals surface area contributed by atoms with Gasteiger partial charge in [0.2, 0.25) is 11.8 Å². The van der Waals surface area contributed by atoms with E-state index in [0.717, 1.165) is 17.7 Å². The van der Waals surface area contributed by atoms with E-state index < -0.39 is 53.1 Å². The van der Waals surface area contributed by atoms with Crippen LogP contribution in [0.25, 0.3) is 0 Å². The van der Waals surface area contributed by atoms with Crippen LogP contribution in [0, 0.1) is 17.0 Å². The summed E-state index contributed by atoms with van der Waals surface area (Å²) in [7, 11) is 1.56. The van der Waals surface area contributed by atoms with Crippen molar-refractivity contribution < 1.29 is 37.8 Å². The summed E-state index contributed by atoms with van der Waals surface area (Å²) in [5.74, 6) is -4.00. The fourth-order valence-corrected chi connectivity index (χ4v) is 5.02. The van der Waals surface area contributed by atoms with Gasteiger partial charge in [-0.3, -0.25) is 14.4 Å². The van der Waals surface area contributed by atoms with Crippen molar-refractivity contribution in [2.45, 2.75) is 38.3 Å². The summed E-state index contributed by atoms with van der Waals surface area (Å²) in [5.41, 5.74) is -1.19. The summed E-state index contributed by atoms with van der Waals surface area (Å²) in [6.45, 7) is 2.34. The topological polar surface area (TPSA) is 141 Å². The van der Waals surface area contributed by atoms with E-state index in [4.69, 9.17) is 9.84 Å². The molecule has 2 aromatic carbocycles. The average molecular weight is 572 g/mol. The fourth-order valence-electron chi connectivity index (χ4n) is 5.02. The van der Waals surface area contributed by atoms with Gasteiger partial charge in [0, 0.05) is 32.6 Å². The van der Waals surface area contributed by atoms with E-state index >= 15 is 0 Å². The molecule has 2 heterocycles. The number of likely N-dealkylation sites (tertiary alicyclic amines) is 1. The van der Waals surface area contributed by atoms with Crippen LogP contribution >= 0.6 is 0 Å². The molecule has 218 valence electrons. The Morgan fingerprint density at radius 1 is 1.15 bits per heavy atom. The standard InChI is InChI=1S/C28H31F2N5O6/c1-27(2,32-26(39)40)24(37)31-21(15-41-18-9-10-19(29)20(30)13-18)23(36)35-12-11-22-28(16-35,25(38)34(3)33-22)14-17-7-5-4-6-8-17/h4-10,13,21,32H,11-12,14-16H2,1-3H3,(H,31,37)(H,39,40)/t21-,28-/m1/s1. The van der Waals surface area contributed by atoms with Gasteiger partial charge in [-0.1, -0.05) is 30.3 Å². The first-order chi connectivity index (χ1) is 19.3. The van der Waals surface area contributed by atoms with Crippen LogP contribution in [0.5, 0.6) is 5.75 Å². The lowest BCUT2D eigenvalue weighted by molar-refractivity contribution is -0.143. The number of nitrogens with zero attached hydrogens (tertiary/aromatic N) is 3. The first-order valence-corrected chi connectivity index (χ1v) is 12.9. The highest BCUT2D eigenvalue weighted by molar-refractivity contribution is 6.13. The molecule has 4 amide bonds. The number of nitrogens with one attached hydrogen (secondary N) is 2. The van der Waals surface area contributed by atoms with Crippen LogP contribution in [0.4, 0.5) is 13.6 Å². The van der Waals surface area contributed by atoms with Gasteiger partial charge in [0.15, 0.2) is 11.6 Å². The Hall–Kier alpha value is -4.55. The molecule has 0 aliphatic carbocycles. The van der Waals surface area contributed by atoms with Gasteiger partial charge in [-0.15, -0.1) is 0 Å². The molecule has 13 heteroatoms. The minimum absolute atomic E-state index is 0.0168. The van der Waals surface area contributed by atoms with Crippen molar-refractivity contribution in [1.82, 2.24) is 20.5 Å². The van der Waals surface area contributed by atoms with E-state index in [2.05, 4.69) is 15.7 Å². The molecule has 2 aliphatic rings. The smallest absolute Gasteiger partial charge is 0.405 e. The lowest BCUT2D eigenvalue weighted by Gasteiger charge is -2.40. The molecule has 0 spiro atoms. The number of benzene rings is 2. The molecule has 0 saturated carbocycles. The van der Waals surface area contributed by atoms with Gasteiger partial charge < -0.3 is 25.4 Å². The Bertz CT molecular complexity index is 1390. The van der Waals surface area contributed by atoms with Gasteiger partial charge in [-0.25, -0.2) is 18.6 Å². The lowest BCUT2D eigenvalue weighted by atomic mass is 9.73. The molecule has 1 fully saturated rings. The highest BCUT2D eigenvalue weighted by Crippen LogP contribution is 2.38. The van der Waals surface area contributed by atoms with E-state index in [1.807, 2.05) is 30.3 Å². The number of hydrogen-bond acceptors (Lipinski definition) is 6. The molecule has 0 bridgehead atoms. The maximum atomic E-state index is 13.9. The quantitative estimate of drug-likeness (QED) is 0.422. The van der Waals surface area contributed by atoms with Gasteiger partial charge in [0.1, 0.15) is 29.4 Å². The minimum atomic E-state index is -1.62. The molecule has 2 aliphatic heterocycles. The van der Waals surface area contributed by atoms with Gasteiger partial charge in [-0.05, 0) is 38.0 Å². The van der Waals surface area contributed by atoms with Gasteiger partial charge in [0.05, 0.1) is 5.71 Å². The highest BCUT2D eigenvalue weighted by atomic mass is 19.2. The van der Waals surface area contributed by atoms with E-state index in [9.17, 15) is 28.0 Å². The van der Waals surface area contributed by atoms with Crippen molar-refractivity contribution in [3.63, 3.8) is 0 Å². The van der Waals surface area contributed by atoms with Crippen molar-refractivity contribution in [2.75, 3.05) is 26.7 Å². The molecule has 0 radical (unpaired) electrons. The van der Waals surface area contributed by atoms with Crippen LogP contribution in [-0.2, 0) is 20.8 Å². The van der Waals surface area contributed by atoms with E-state index in [1.165, 1.54) is 29.8 Å². The zero-order chi connectivity index (χ0) is 29.9. The largest absolute Gasteiger partial charge is 0.491 e. The number of rotatable bonds is 9. The van der Waals surface area contributed by atoms with Crippen LogP contribution in [0.3, 0.4) is 0 Å². The van der Waals surface area contributed by atoms with Crippen LogP contribution in [-0.4, -0.2) is 82.9 Å². The van der Waals surface area contributed by atoms with E-state index in [0.29, 0.717) is 18.6 Å².